The molecule has 1 aliphatic carbocycles. The molecule has 1 aliphatic rings. The highest BCUT2D eigenvalue weighted by molar-refractivity contribution is 5.90. The van der Waals surface area contributed by atoms with Gasteiger partial charge in [0.2, 0.25) is 0 Å². The highest BCUT2D eigenvalue weighted by Gasteiger charge is 2.21. The molecule has 0 amide bonds. The summed E-state index contributed by atoms with van der Waals surface area (Å²) in [4.78, 5) is 11.0. The Morgan fingerprint density at radius 2 is 1.80 bits per heavy atom. The zero-order valence-electron chi connectivity index (χ0n) is 11.0. The Hall–Kier alpha value is -2.49. The quantitative estimate of drug-likeness (QED) is 0.748. The van der Waals surface area contributed by atoms with Gasteiger partial charge < -0.3 is 16.2 Å². The first-order valence-corrected chi connectivity index (χ1v) is 6.59. The van der Waals surface area contributed by atoms with Crippen molar-refractivity contribution >= 4 is 17.3 Å². The summed E-state index contributed by atoms with van der Waals surface area (Å²) >= 11 is 0. The van der Waals surface area contributed by atoms with Gasteiger partial charge in [0.1, 0.15) is 0 Å². The van der Waals surface area contributed by atoms with Gasteiger partial charge >= 0.3 is 5.97 Å². The van der Waals surface area contributed by atoms with Crippen LogP contribution in [0.25, 0.3) is 0 Å². The van der Waals surface area contributed by atoms with E-state index in [1.54, 1.807) is 12.1 Å². The number of anilines is 2. The van der Waals surface area contributed by atoms with Gasteiger partial charge in [-0.05, 0) is 42.2 Å². The normalized spacial score (nSPS) is 14.0. The summed E-state index contributed by atoms with van der Waals surface area (Å²) in [5.74, 6) is -0.942. The fraction of sp³-hybridized carbons (Fsp3) is 0.188. The monoisotopic (exact) mass is 268 g/mol. The maximum Gasteiger partial charge on any atom is 0.335 e. The van der Waals surface area contributed by atoms with Crippen molar-refractivity contribution in [2.45, 2.75) is 18.9 Å². The van der Waals surface area contributed by atoms with Crippen LogP contribution in [0.5, 0.6) is 0 Å². The van der Waals surface area contributed by atoms with Gasteiger partial charge in [0, 0.05) is 6.04 Å². The third-order valence-corrected chi connectivity index (χ3v) is 3.71. The molecule has 3 rings (SSSR count). The number of aromatic carboxylic acids is 1. The Morgan fingerprint density at radius 1 is 1.15 bits per heavy atom. The Bertz CT molecular complexity index is 642. The fourth-order valence-electron chi connectivity index (χ4n) is 2.70. The number of rotatable bonds is 3. The second kappa shape index (κ2) is 4.89. The predicted octanol–water partition coefficient (Wildman–Crippen LogP) is 2.55. The van der Waals surface area contributed by atoms with Crippen LogP contribution in [0, 0.1) is 0 Å². The number of fused-ring (bicyclic) bond motifs is 1. The van der Waals surface area contributed by atoms with E-state index in [-0.39, 0.29) is 11.6 Å². The fourth-order valence-corrected chi connectivity index (χ4v) is 2.70. The molecule has 0 aromatic heterocycles. The van der Waals surface area contributed by atoms with Crippen LogP contribution in [-0.2, 0) is 12.8 Å². The Morgan fingerprint density at radius 3 is 2.40 bits per heavy atom. The molecular weight excluding hydrogens is 252 g/mol. The minimum Gasteiger partial charge on any atom is -0.478 e. The van der Waals surface area contributed by atoms with E-state index in [9.17, 15) is 4.79 Å². The Labute approximate surface area is 117 Å². The average Bonchev–Trinajstić information content (AvgIpc) is 2.83. The zero-order valence-corrected chi connectivity index (χ0v) is 11.0. The summed E-state index contributed by atoms with van der Waals surface area (Å²) in [5.41, 5.74) is 10.1. The van der Waals surface area contributed by atoms with Crippen molar-refractivity contribution in [3.05, 3.63) is 59.2 Å². The van der Waals surface area contributed by atoms with Crippen LogP contribution >= 0.6 is 0 Å². The van der Waals surface area contributed by atoms with Crippen LogP contribution in [0.15, 0.2) is 42.5 Å². The van der Waals surface area contributed by atoms with Gasteiger partial charge in [-0.25, -0.2) is 4.79 Å². The highest BCUT2D eigenvalue weighted by Crippen LogP contribution is 2.27. The van der Waals surface area contributed by atoms with Gasteiger partial charge in [-0.3, -0.25) is 0 Å². The molecule has 20 heavy (non-hydrogen) atoms. The molecule has 4 nitrogen and oxygen atoms in total. The van der Waals surface area contributed by atoms with Crippen LogP contribution in [0.3, 0.4) is 0 Å². The molecule has 0 bridgehead atoms. The van der Waals surface area contributed by atoms with E-state index < -0.39 is 5.97 Å². The Balaban J connectivity index is 1.80. The van der Waals surface area contributed by atoms with E-state index in [4.69, 9.17) is 10.8 Å². The van der Waals surface area contributed by atoms with Crippen molar-refractivity contribution in [3.63, 3.8) is 0 Å². The smallest absolute Gasteiger partial charge is 0.335 e. The molecular formula is C16H16N2O2. The number of hydrogen-bond acceptors (Lipinski definition) is 3. The number of hydrogen-bond donors (Lipinski definition) is 3. The molecule has 0 radical (unpaired) electrons. The van der Waals surface area contributed by atoms with E-state index in [1.165, 1.54) is 17.2 Å². The van der Waals surface area contributed by atoms with Crippen LogP contribution in [0.1, 0.15) is 21.5 Å². The van der Waals surface area contributed by atoms with E-state index >= 15 is 0 Å². The molecule has 0 aliphatic heterocycles. The molecule has 0 saturated heterocycles. The summed E-state index contributed by atoms with van der Waals surface area (Å²) in [5, 5.41) is 12.4. The van der Waals surface area contributed by atoms with E-state index in [2.05, 4.69) is 17.4 Å². The van der Waals surface area contributed by atoms with Crippen molar-refractivity contribution < 1.29 is 9.90 Å². The average molecular weight is 268 g/mol. The third-order valence-electron chi connectivity index (χ3n) is 3.71. The van der Waals surface area contributed by atoms with E-state index in [0.717, 1.165) is 12.8 Å². The number of benzene rings is 2. The number of carboxylic acids is 1. The van der Waals surface area contributed by atoms with Crippen LogP contribution < -0.4 is 11.1 Å². The lowest BCUT2D eigenvalue weighted by Gasteiger charge is -2.16. The van der Waals surface area contributed by atoms with E-state index in [0.29, 0.717) is 11.4 Å². The van der Waals surface area contributed by atoms with Crippen molar-refractivity contribution in [2.75, 3.05) is 11.1 Å². The van der Waals surface area contributed by atoms with Crippen LogP contribution in [0.2, 0.25) is 0 Å². The number of carboxylic acid groups (broad SMARTS) is 1. The number of nitrogens with one attached hydrogen (secondary N) is 1. The second-order valence-corrected chi connectivity index (χ2v) is 5.13. The number of carbonyl (C=O) groups is 1. The molecule has 102 valence electrons. The van der Waals surface area contributed by atoms with Crippen molar-refractivity contribution in [2.24, 2.45) is 0 Å². The SMILES string of the molecule is Nc1ccc(C(=O)O)cc1NC1Cc2ccccc2C1. The summed E-state index contributed by atoms with van der Waals surface area (Å²) in [6.07, 6.45) is 1.87. The standard InChI is InChI=1S/C16H16N2O2/c17-14-6-5-12(16(19)20)9-15(14)18-13-7-10-3-1-2-4-11(10)8-13/h1-6,9,13,18H,7-8,17H2,(H,19,20). The van der Waals surface area contributed by atoms with Gasteiger partial charge in [0.05, 0.1) is 16.9 Å². The minimum absolute atomic E-state index is 0.247. The zero-order chi connectivity index (χ0) is 14.1. The summed E-state index contributed by atoms with van der Waals surface area (Å²) in [7, 11) is 0. The molecule has 0 spiro atoms. The Kier molecular flexibility index (Phi) is 3.06. The number of nitrogen functional groups attached to an aromatic ring is 1. The minimum atomic E-state index is -0.942. The largest absolute Gasteiger partial charge is 0.478 e. The maximum absolute atomic E-state index is 11.0. The van der Waals surface area contributed by atoms with Gasteiger partial charge in [0.15, 0.2) is 0 Å². The molecule has 0 atom stereocenters. The van der Waals surface area contributed by atoms with Crippen molar-refractivity contribution in [1.29, 1.82) is 0 Å². The number of nitrogens with two attached hydrogens (primary N) is 1. The molecule has 0 unspecified atom stereocenters. The molecule has 0 saturated carbocycles. The molecule has 0 fully saturated rings. The van der Waals surface area contributed by atoms with Gasteiger partial charge in [-0.15, -0.1) is 0 Å². The first kappa shape index (κ1) is 12.5. The van der Waals surface area contributed by atoms with E-state index in [1.807, 2.05) is 12.1 Å². The molecule has 4 N–H and O–H groups in total. The predicted molar refractivity (Wildman–Crippen MR) is 79.1 cm³/mol. The maximum atomic E-state index is 11.0. The second-order valence-electron chi connectivity index (χ2n) is 5.13. The molecule has 4 heteroatoms. The molecule has 0 heterocycles. The van der Waals surface area contributed by atoms with Crippen molar-refractivity contribution in [1.82, 2.24) is 0 Å². The van der Waals surface area contributed by atoms with Crippen molar-refractivity contribution in [3.8, 4) is 0 Å². The molecule has 2 aromatic carbocycles. The first-order chi connectivity index (χ1) is 9.63. The van der Waals surface area contributed by atoms with Gasteiger partial charge in [0.25, 0.3) is 0 Å². The summed E-state index contributed by atoms with van der Waals surface area (Å²) in [6, 6.07) is 13.4. The highest BCUT2D eigenvalue weighted by atomic mass is 16.4. The third kappa shape index (κ3) is 2.32. The van der Waals surface area contributed by atoms with Crippen LogP contribution in [0.4, 0.5) is 11.4 Å². The van der Waals surface area contributed by atoms with Gasteiger partial charge in [-0.2, -0.15) is 0 Å². The van der Waals surface area contributed by atoms with Crippen LogP contribution in [-0.4, -0.2) is 17.1 Å². The first-order valence-electron chi connectivity index (χ1n) is 6.59. The lowest BCUT2D eigenvalue weighted by Crippen LogP contribution is -2.20. The molecule has 2 aromatic rings. The summed E-state index contributed by atoms with van der Waals surface area (Å²) < 4.78 is 0. The lowest BCUT2D eigenvalue weighted by molar-refractivity contribution is 0.0697. The topological polar surface area (TPSA) is 75.4 Å². The van der Waals surface area contributed by atoms with Gasteiger partial charge in [-0.1, -0.05) is 24.3 Å². The lowest BCUT2D eigenvalue weighted by atomic mass is 10.1. The summed E-state index contributed by atoms with van der Waals surface area (Å²) in [6.45, 7) is 0.